The number of carbonyl (C=O) groups excluding carboxylic acids is 1. The van der Waals surface area contributed by atoms with E-state index in [9.17, 15) is 4.79 Å². The molecule has 6 nitrogen and oxygen atoms in total. The van der Waals surface area contributed by atoms with E-state index in [2.05, 4.69) is 26.5 Å². The zero-order chi connectivity index (χ0) is 17.1. The molecule has 0 saturated carbocycles. The van der Waals surface area contributed by atoms with Gasteiger partial charge in [0.2, 0.25) is 0 Å². The lowest BCUT2D eigenvalue weighted by atomic mass is 10.1. The van der Waals surface area contributed by atoms with Gasteiger partial charge in [0.25, 0.3) is 5.91 Å². The number of methoxy groups -OCH3 is 1. The smallest absolute Gasteiger partial charge is 0.285 e. The van der Waals surface area contributed by atoms with Gasteiger partial charge in [-0.2, -0.15) is 5.10 Å². The van der Waals surface area contributed by atoms with Crippen LogP contribution in [0, 0.1) is 0 Å². The maximum atomic E-state index is 11.9. The van der Waals surface area contributed by atoms with Crippen LogP contribution < -0.4 is 16.0 Å². The number of nitrogens with zero attached hydrogens (tertiary/aromatic N) is 2. The highest BCUT2D eigenvalue weighted by atomic mass is 79.9. The molecule has 0 unspecified atom stereocenters. The molecule has 122 valence electrons. The van der Waals surface area contributed by atoms with Gasteiger partial charge in [-0.3, -0.25) is 10.2 Å². The summed E-state index contributed by atoms with van der Waals surface area (Å²) in [5, 5.41) is 4.38. The van der Waals surface area contributed by atoms with Crippen molar-refractivity contribution in [3.63, 3.8) is 0 Å². The molecule has 0 aliphatic rings. The molecule has 3 aromatic rings. The number of hydrogen-bond donors (Lipinski definition) is 2. The first-order chi connectivity index (χ1) is 11.6. The van der Waals surface area contributed by atoms with E-state index in [0.717, 1.165) is 27.2 Å². The molecular weight excluding hydrogens is 372 g/mol. The Morgan fingerprint density at radius 2 is 1.83 bits per heavy atom. The number of hydrogen-bond acceptors (Lipinski definition) is 4. The molecule has 0 fully saturated rings. The van der Waals surface area contributed by atoms with E-state index < -0.39 is 5.91 Å². The first kappa shape index (κ1) is 16.2. The minimum atomic E-state index is -0.444. The first-order valence-electron chi connectivity index (χ1n) is 7.14. The first-order valence-corrected chi connectivity index (χ1v) is 7.93. The van der Waals surface area contributed by atoms with Gasteiger partial charge in [0.15, 0.2) is 5.69 Å². The van der Waals surface area contributed by atoms with E-state index in [-0.39, 0.29) is 5.69 Å². The predicted molar refractivity (Wildman–Crippen MR) is 94.9 cm³/mol. The molecule has 1 aromatic heterocycles. The Morgan fingerprint density at radius 1 is 1.17 bits per heavy atom. The van der Waals surface area contributed by atoms with E-state index in [1.54, 1.807) is 17.9 Å². The number of nitrogens with one attached hydrogen (secondary N) is 1. The highest BCUT2D eigenvalue weighted by Crippen LogP contribution is 2.26. The Hall–Kier alpha value is -2.64. The van der Waals surface area contributed by atoms with Crippen LogP contribution in [0.2, 0.25) is 0 Å². The van der Waals surface area contributed by atoms with E-state index in [1.165, 1.54) is 0 Å². The largest absolute Gasteiger partial charge is 0.497 e. The molecule has 0 atom stereocenters. The van der Waals surface area contributed by atoms with Crippen molar-refractivity contribution in [3.05, 3.63) is 64.8 Å². The zero-order valence-electron chi connectivity index (χ0n) is 12.9. The topological polar surface area (TPSA) is 82.2 Å². The second-order valence-electron chi connectivity index (χ2n) is 5.01. The summed E-state index contributed by atoms with van der Waals surface area (Å²) in [7, 11) is 1.61. The van der Waals surface area contributed by atoms with Crippen LogP contribution in [-0.4, -0.2) is 22.8 Å². The Kier molecular flexibility index (Phi) is 4.64. The number of halogens is 1. The van der Waals surface area contributed by atoms with E-state index in [0.29, 0.717) is 0 Å². The van der Waals surface area contributed by atoms with Gasteiger partial charge in [-0.25, -0.2) is 10.5 Å². The summed E-state index contributed by atoms with van der Waals surface area (Å²) in [5.41, 5.74) is 4.87. The molecule has 3 rings (SSSR count). The average Bonchev–Trinajstić information content (AvgIpc) is 3.07. The second-order valence-corrected chi connectivity index (χ2v) is 5.92. The van der Waals surface area contributed by atoms with Gasteiger partial charge in [0.1, 0.15) is 5.75 Å². The van der Waals surface area contributed by atoms with Crippen LogP contribution in [0.5, 0.6) is 5.75 Å². The monoisotopic (exact) mass is 386 g/mol. The summed E-state index contributed by atoms with van der Waals surface area (Å²) >= 11 is 3.42. The standard InChI is InChI=1S/C17H15BrN4O2/c1-24-14-8-6-13(7-9-14)22-16(10-15(21-22)17(23)20-19)11-2-4-12(18)5-3-11/h2-10H,19H2,1H3,(H,20,23). The van der Waals surface area contributed by atoms with E-state index in [4.69, 9.17) is 10.6 Å². The van der Waals surface area contributed by atoms with Crippen molar-refractivity contribution < 1.29 is 9.53 Å². The zero-order valence-corrected chi connectivity index (χ0v) is 14.4. The van der Waals surface area contributed by atoms with Crippen molar-refractivity contribution >= 4 is 21.8 Å². The number of amides is 1. The molecule has 24 heavy (non-hydrogen) atoms. The summed E-state index contributed by atoms with van der Waals surface area (Å²) in [6, 6.07) is 16.9. The molecule has 0 aliphatic heterocycles. The lowest BCUT2D eigenvalue weighted by molar-refractivity contribution is 0.0948. The van der Waals surface area contributed by atoms with Gasteiger partial charge in [0, 0.05) is 10.0 Å². The van der Waals surface area contributed by atoms with Gasteiger partial charge < -0.3 is 4.74 Å². The summed E-state index contributed by atoms with van der Waals surface area (Å²) in [6.07, 6.45) is 0. The fraction of sp³-hybridized carbons (Fsp3) is 0.0588. The Morgan fingerprint density at radius 3 is 2.42 bits per heavy atom. The summed E-state index contributed by atoms with van der Waals surface area (Å²) < 4.78 is 7.85. The van der Waals surface area contributed by atoms with Crippen LogP contribution >= 0.6 is 15.9 Å². The van der Waals surface area contributed by atoms with Crippen LogP contribution in [0.25, 0.3) is 16.9 Å². The Balaban J connectivity index is 2.13. The Bertz CT molecular complexity index is 857. The highest BCUT2D eigenvalue weighted by molar-refractivity contribution is 9.10. The molecule has 0 bridgehead atoms. The number of hydrazine groups is 1. The van der Waals surface area contributed by atoms with Crippen molar-refractivity contribution in [2.45, 2.75) is 0 Å². The second kappa shape index (κ2) is 6.86. The highest BCUT2D eigenvalue weighted by Gasteiger charge is 2.16. The van der Waals surface area contributed by atoms with Crippen molar-refractivity contribution in [1.82, 2.24) is 15.2 Å². The average molecular weight is 387 g/mol. The fourth-order valence-corrected chi connectivity index (χ4v) is 2.58. The van der Waals surface area contributed by atoms with Crippen LogP contribution in [0.4, 0.5) is 0 Å². The molecular formula is C17H15BrN4O2. The number of nitrogen functional groups attached to an aromatic ring is 1. The van der Waals surface area contributed by atoms with E-state index in [1.807, 2.05) is 48.5 Å². The van der Waals surface area contributed by atoms with E-state index >= 15 is 0 Å². The van der Waals surface area contributed by atoms with Crippen LogP contribution in [0.1, 0.15) is 10.5 Å². The third kappa shape index (κ3) is 3.17. The van der Waals surface area contributed by atoms with Gasteiger partial charge >= 0.3 is 0 Å². The third-order valence-corrected chi connectivity index (χ3v) is 4.06. The molecule has 7 heteroatoms. The molecule has 0 saturated heterocycles. The fourth-order valence-electron chi connectivity index (χ4n) is 2.31. The van der Waals surface area contributed by atoms with Crippen LogP contribution in [0.3, 0.4) is 0 Å². The quantitative estimate of drug-likeness (QED) is 0.410. The maximum absolute atomic E-state index is 11.9. The molecule has 2 aromatic carbocycles. The molecule has 0 spiro atoms. The summed E-state index contributed by atoms with van der Waals surface area (Å²) in [4.78, 5) is 11.9. The maximum Gasteiger partial charge on any atom is 0.285 e. The van der Waals surface area contributed by atoms with Crippen LogP contribution in [0.15, 0.2) is 59.1 Å². The van der Waals surface area contributed by atoms with Gasteiger partial charge in [-0.1, -0.05) is 28.1 Å². The minimum absolute atomic E-state index is 0.242. The predicted octanol–water partition coefficient (Wildman–Crippen LogP) is 2.91. The van der Waals surface area contributed by atoms with Crippen molar-refractivity contribution in [1.29, 1.82) is 0 Å². The third-order valence-electron chi connectivity index (χ3n) is 3.53. The van der Waals surface area contributed by atoms with Crippen molar-refractivity contribution in [3.8, 4) is 22.7 Å². The van der Waals surface area contributed by atoms with Gasteiger partial charge in [-0.15, -0.1) is 0 Å². The molecule has 3 N–H and O–H groups in total. The Labute approximate surface area is 147 Å². The summed E-state index contributed by atoms with van der Waals surface area (Å²) in [6.45, 7) is 0. The van der Waals surface area contributed by atoms with Gasteiger partial charge in [-0.05, 0) is 42.5 Å². The SMILES string of the molecule is COc1ccc(-n2nc(C(=O)NN)cc2-c2ccc(Br)cc2)cc1. The van der Waals surface area contributed by atoms with Crippen LogP contribution in [-0.2, 0) is 0 Å². The number of nitrogens with two attached hydrogens (primary N) is 1. The number of aromatic nitrogens is 2. The number of ether oxygens (including phenoxy) is 1. The normalized spacial score (nSPS) is 10.5. The molecule has 1 amide bonds. The minimum Gasteiger partial charge on any atom is -0.497 e. The summed E-state index contributed by atoms with van der Waals surface area (Å²) in [5.74, 6) is 5.53. The molecule has 1 heterocycles. The molecule has 0 radical (unpaired) electrons. The van der Waals surface area contributed by atoms with Crippen molar-refractivity contribution in [2.24, 2.45) is 5.84 Å². The number of benzene rings is 2. The molecule has 0 aliphatic carbocycles. The van der Waals surface area contributed by atoms with Gasteiger partial charge in [0.05, 0.1) is 18.5 Å². The number of rotatable bonds is 4. The van der Waals surface area contributed by atoms with Crippen molar-refractivity contribution in [2.75, 3.05) is 7.11 Å². The lowest BCUT2D eigenvalue weighted by Crippen LogP contribution is -2.30. The lowest BCUT2D eigenvalue weighted by Gasteiger charge is -2.08. The number of carbonyl (C=O) groups is 1.